The molecule has 1 heterocycles. The first-order chi connectivity index (χ1) is 7.67. The van der Waals surface area contributed by atoms with E-state index in [1.54, 1.807) is 0 Å². The number of aryl methyl sites for hydroxylation is 1. The fraction of sp³-hybridized carbons (Fsp3) is 0.583. The largest absolute Gasteiger partial charge is 0.342 e. The molecule has 0 fully saturated rings. The number of rotatable bonds is 6. The van der Waals surface area contributed by atoms with Gasteiger partial charge in [-0.25, -0.2) is 0 Å². The van der Waals surface area contributed by atoms with E-state index >= 15 is 0 Å². The molecule has 0 bridgehead atoms. The molecule has 0 aromatic carbocycles. The smallest absolute Gasteiger partial charge is 0.120 e. The Morgan fingerprint density at radius 2 is 2.31 bits per heavy atom. The monoisotopic (exact) mass is 220 g/mol. The molecule has 0 saturated heterocycles. The minimum absolute atomic E-state index is 0.711. The summed E-state index contributed by atoms with van der Waals surface area (Å²) in [5.74, 6) is 0. The molecule has 0 unspecified atom stereocenters. The summed E-state index contributed by atoms with van der Waals surface area (Å²) in [6, 6.07) is 4.09. The summed E-state index contributed by atoms with van der Waals surface area (Å²) in [5.41, 5.74) is 1.88. The summed E-state index contributed by atoms with van der Waals surface area (Å²) in [7, 11) is 4.00. The van der Waals surface area contributed by atoms with Crippen LogP contribution >= 0.6 is 0 Å². The summed E-state index contributed by atoms with van der Waals surface area (Å²) >= 11 is 0. The van der Waals surface area contributed by atoms with E-state index in [-0.39, 0.29) is 0 Å². The second-order valence-corrected chi connectivity index (χ2v) is 4.03. The van der Waals surface area contributed by atoms with E-state index in [0.29, 0.717) is 5.69 Å². The molecule has 4 heteroatoms. The number of nitrogens with zero attached hydrogens (tertiary/aromatic N) is 3. The topological polar surface area (TPSA) is 44.0 Å². The zero-order valence-electron chi connectivity index (χ0n) is 10.3. The molecule has 0 aliphatic carbocycles. The van der Waals surface area contributed by atoms with Crippen molar-refractivity contribution in [2.24, 2.45) is 7.05 Å². The SMILES string of the molecule is CCN(C)CCNCc1cc(C#N)n(C)c1. The van der Waals surface area contributed by atoms with Crippen molar-refractivity contribution in [2.45, 2.75) is 13.5 Å². The van der Waals surface area contributed by atoms with E-state index in [1.807, 2.05) is 23.9 Å². The lowest BCUT2D eigenvalue weighted by molar-refractivity contribution is 0.349. The molecule has 0 spiro atoms. The third kappa shape index (κ3) is 3.69. The Morgan fingerprint density at radius 1 is 1.56 bits per heavy atom. The fourth-order valence-electron chi connectivity index (χ4n) is 1.50. The van der Waals surface area contributed by atoms with Crippen LogP contribution in [0.15, 0.2) is 12.3 Å². The maximum Gasteiger partial charge on any atom is 0.120 e. The highest BCUT2D eigenvalue weighted by atomic mass is 15.1. The average Bonchev–Trinajstić information content (AvgIpc) is 2.64. The van der Waals surface area contributed by atoms with Gasteiger partial charge in [-0.05, 0) is 25.2 Å². The van der Waals surface area contributed by atoms with Gasteiger partial charge in [0, 0.05) is 32.9 Å². The Kier molecular flexibility index (Phi) is 5.03. The second-order valence-electron chi connectivity index (χ2n) is 4.03. The van der Waals surface area contributed by atoms with Gasteiger partial charge in [0.25, 0.3) is 0 Å². The quantitative estimate of drug-likeness (QED) is 0.726. The highest BCUT2D eigenvalue weighted by Gasteiger charge is 2.01. The maximum atomic E-state index is 8.81. The Balaban J connectivity index is 2.30. The summed E-state index contributed by atoms with van der Waals surface area (Å²) in [4.78, 5) is 2.26. The van der Waals surface area contributed by atoms with Crippen molar-refractivity contribution in [3.05, 3.63) is 23.5 Å². The first-order valence-corrected chi connectivity index (χ1v) is 5.62. The Labute approximate surface area is 97.5 Å². The number of likely N-dealkylation sites (N-methyl/N-ethyl adjacent to an activating group) is 1. The van der Waals surface area contributed by atoms with E-state index in [4.69, 9.17) is 5.26 Å². The van der Waals surface area contributed by atoms with Crippen LogP contribution in [-0.2, 0) is 13.6 Å². The van der Waals surface area contributed by atoms with Crippen molar-refractivity contribution in [2.75, 3.05) is 26.7 Å². The third-order valence-corrected chi connectivity index (χ3v) is 2.72. The van der Waals surface area contributed by atoms with Crippen molar-refractivity contribution >= 4 is 0 Å². The van der Waals surface area contributed by atoms with Gasteiger partial charge in [-0.1, -0.05) is 6.92 Å². The first kappa shape index (κ1) is 12.8. The molecule has 0 aliphatic heterocycles. The number of hydrogen-bond acceptors (Lipinski definition) is 3. The van der Waals surface area contributed by atoms with Gasteiger partial charge >= 0.3 is 0 Å². The molecule has 1 aromatic rings. The minimum Gasteiger partial charge on any atom is -0.342 e. The standard InChI is InChI=1S/C12H20N4/c1-4-15(2)6-5-14-9-11-7-12(8-13)16(3)10-11/h7,10,14H,4-6,9H2,1-3H3. The van der Waals surface area contributed by atoms with Crippen molar-refractivity contribution in [3.8, 4) is 6.07 Å². The first-order valence-electron chi connectivity index (χ1n) is 5.62. The molecule has 1 aromatic heterocycles. The van der Waals surface area contributed by atoms with Crippen molar-refractivity contribution < 1.29 is 0 Å². The maximum absolute atomic E-state index is 8.81. The summed E-state index contributed by atoms with van der Waals surface area (Å²) in [6.45, 7) is 6.07. The van der Waals surface area contributed by atoms with Gasteiger partial charge in [0.2, 0.25) is 0 Å². The predicted molar refractivity (Wildman–Crippen MR) is 65.0 cm³/mol. The van der Waals surface area contributed by atoms with Crippen LogP contribution < -0.4 is 5.32 Å². The fourth-order valence-corrected chi connectivity index (χ4v) is 1.50. The molecule has 0 amide bonds. The lowest BCUT2D eigenvalue weighted by atomic mass is 10.3. The Hall–Kier alpha value is -1.31. The molecular formula is C12H20N4. The predicted octanol–water partition coefficient (Wildman–Crippen LogP) is 0.938. The zero-order chi connectivity index (χ0) is 12.0. The van der Waals surface area contributed by atoms with Gasteiger partial charge < -0.3 is 14.8 Å². The van der Waals surface area contributed by atoms with Gasteiger partial charge in [-0.3, -0.25) is 0 Å². The molecule has 4 nitrogen and oxygen atoms in total. The molecule has 16 heavy (non-hydrogen) atoms. The number of nitrogens with one attached hydrogen (secondary N) is 1. The van der Waals surface area contributed by atoms with Crippen LogP contribution in [0.5, 0.6) is 0 Å². The van der Waals surface area contributed by atoms with E-state index in [1.165, 1.54) is 5.56 Å². The lowest BCUT2D eigenvalue weighted by Crippen LogP contribution is -2.28. The molecule has 0 atom stereocenters. The van der Waals surface area contributed by atoms with Crippen LogP contribution in [0.4, 0.5) is 0 Å². The van der Waals surface area contributed by atoms with E-state index in [9.17, 15) is 0 Å². The van der Waals surface area contributed by atoms with Gasteiger partial charge in [0.15, 0.2) is 0 Å². The molecule has 1 N–H and O–H groups in total. The number of aromatic nitrogens is 1. The summed E-state index contributed by atoms with van der Waals surface area (Å²) in [5, 5.41) is 12.2. The molecule has 0 saturated carbocycles. The molecule has 1 rings (SSSR count). The molecule has 0 aliphatic rings. The van der Waals surface area contributed by atoms with Crippen LogP contribution in [0.1, 0.15) is 18.2 Å². The van der Waals surface area contributed by atoms with Crippen LogP contribution in [-0.4, -0.2) is 36.1 Å². The summed E-state index contributed by atoms with van der Waals surface area (Å²) < 4.78 is 1.86. The van der Waals surface area contributed by atoms with Crippen LogP contribution in [0, 0.1) is 11.3 Å². The summed E-state index contributed by atoms with van der Waals surface area (Å²) in [6.07, 6.45) is 2.00. The average molecular weight is 220 g/mol. The van der Waals surface area contributed by atoms with E-state index in [2.05, 4.69) is 30.3 Å². The molecule has 0 radical (unpaired) electrons. The Morgan fingerprint density at radius 3 is 2.88 bits per heavy atom. The van der Waals surface area contributed by atoms with Crippen molar-refractivity contribution in [1.82, 2.24) is 14.8 Å². The van der Waals surface area contributed by atoms with Crippen LogP contribution in [0.3, 0.4) is 0 Å². The highest BCUT2D eigenvalue weighted by molar-refractivity contribution is 5.28. The lowest BCUT2D eigenvalue weighted by Gasteiger charge is -2.13. The van der Waals surface area contributed by atoms with Crippen molar-refractivity contribution in [3.63, 3.8) is 0 Å². The van der Waals surface area contributed by atoms with Gasteiger partial charge in [0.05, 0.1) is 0 Å². The highest BCUT2D eigenvalue weighted by Crippen LogP contribution is 2.05. The van der Waals surface area contributed by atoms with Gasteiger partial charge in [-0.15, -0.1) is 0 Å². The van der Waals surface area contributed by atoms with E-state index < -0.39 is 0 Å². The normalized spacial score (nSPS) is 10.7. The molecular weight excluding hydrogens is 200 g/mol. The van der Waals surface area contributed by atoms with Crippen LogP contribution in [0.25, 0.3) is 0 Å². The zero-order valence-corrected chi connectivity index (χ0v) is 10.3. The number of hydrogen-bond donors (Lipinski definition) is 1. The van der Waals surface area contributed by atoms with Gasteiger partial charge in [0.1, 0.15) is 11.8 Å². The third-order valence-electron chi connectivity index (χ3n) is 2.72. The van der Waals surface area contributed by atoms with E-state index in [0.717, 1.165) is 26.2 Å². The van der Waals surface area contributed by atoms with Gasteiger partial charge in [-0.2, -0.15) is 5.26 Å². The van der Waals surface area contributed by atoms with Crippen molar-refractivity contribution in [1.29, 1.82) is 5.26 Å². The number of nitriles is 1. The molecule has 88 valence electrons. The second kappa shape index (κ2) is 6.31. The Bertz CT molecular complexity index is 362. The van der Waals surface area contributed by atoms with Crippen LogP contribution in [0.2, 0.25) is 0 Å². The minimum atomic E-state index is 0.711.